The molecule has 120 valence electrons. The van der Waals surface area contributed by atoms with Crippen LogP contribution in [-0.4, -0.2) is 21.3 Å². The first kappa shape index (κ1) is 15.3. The molecule has 0 spiro atoms. The van der Waals surface area contributed by atoms with E-state index in [9.17, 15) is 0 Å². The van der Waals surface area contributed by atoms with Crippen LogP contribution in [0.5, 0.6) is 0 Å². The molecule has 5 heteroatoms. The lowest BCUT2D eigenvalue weighted by atomic mass is 9.81. The minimum absolute atomic E-state index is 0.588. The number of nitrogens with zero attached hydrogens (tertiary/aromatic N) is 3. The normalized spacial score (nSPS) is 17.8. The van der Waals surface area contributed by atoms with Gasteiger partial charge in [0.25, 0.3) is 0 Å². The Balaban J connectivity index is 2.02. The lowest BCUT2D eigenvalue weighted by molar-refractivity contribution is 0.495. The highest BCUT2D eigenvalue weighted by Gasteiger charge is 2.25. The number of rotatable bonds is 6. The Morgan fingerprint density at radius 3 is 3.00 bits per heavy atom. The molecule has 2 heterocycles. The van der Waals surface area contributed by atoms with Crippen LogP contribution in [0, 0.1) is 0 Å². The van der Waals surface area contributed by atoms with Crippen molar-refractivity contribution in [1.82, 2.24) is 14.8 Å². The maximum Gasteiger partial charge on any atom is 0.152 e. The van der Waals surface area contributed by atoms with E-state index in [1.54, 1.807) is 0 Å². The summed E-state index contributed by atoms with van der Waals surface area (Å²) in [7, 11) is 0. The number of anilines is 1. The van der Waals surface area contributed by atoms with Gasteiger partial charge in [0.1, 0.15) is 5.52 Å². The van der Waals surface area contributed by atoms with Crippen molar-refractivity contribution in [2.24, 2.45) is 5.73 Å². The van der Waals surface area contributed by atoms with E-state index in [-0.39, 0.29) is 0 Å². The van der Waals surface area contributed by atoms with Crippen LogP contribution in [0.1, 0.15) is 62.6 Å². The first-order valence-corrected chi connectivity index (χ1v) is 8.60. The van der Waals surface area contributed by atoms with Gasteiger partial charge in [0.2, 0.25) is 0 Å². The quantitative estimate of drug-likeness (QED) is 0.804. The highest BCUT2D eigenvalue weighted by Crippen LogP contribution is 2.39. The molecule has 0 radical (unpaired) electrons. The molecule has 1 aliphatic rings. The molecule has 3 rings (SSSR count). The van der Waals surface area contributed by atoms with Gasteiger partial charge >= 0.3 is 0 Å². The fourth-order valence-corrected chi connectivity index (χ4v) is 3.70. The van der Waals surface area contributed by atoms with E-state index in [0.717, 1.165) is 37.9 Å². The Labute approximate surface area is 132 Å². The van der Waals surface area contributed by atoms with E-state index in [2.05, 4.69) is 23.2 Å². The van der Waals surface area contributed by atoms with Gasteiger partial charge < -0.3 is 11.5 Å². The molecule has 0 saturated carbocycles. The summed E-state index contributed by atoms with van der Waals surface area (Å²) >= 11 is 0. The zero-order valence-corrected chi connectivity index (χ0v) is 13.5. The third-order valence-corrected chi connectivity index (χ3v) is 4.69. The van der Waals surface area contributed by atoms with Crippen LogP contribution in [0.2, 0.25) is 0 Å². The molecular formula is C17H27N5. The molecule has 2 aromatic rings. The first-order valence-electron chi connectivity index (χ1n) is 8.60. The molecule has 0 amide bonds. The number of nitrogen functional groups attached to an aromatic ring is 1. The molecule has 5 nitrogen and oxygen atoms in total. The number of nitrogens with two attached hydrogens (primary N) is 2. The summed E-state index contributed by atoms with van der Waals surface area (Å²) in [6, 6.07) is 0. The average molecular weight is 301 g/mol. The molecule has 2 aromatic heterocycles. The molecular weight excluding hydrogens is 274 g/mol. The fraction of sp³-hybridized carbons (Fsp3) is 0.647. The van der Waals surface area contributed by atoms with E-state index < -0.39 is 0 Å². The third-order valence-electron chi connectivity index (χ3n) is 4.69. The molecule has 0 fully saturated rings. The highest BCUT2D eigenvalue weighted by atomic mass is 15.3. The second-order valence-corrected chi connectivity index (χ2v) is 6.39. The van der Waals surface area contributed by atoms with E-state index >= 15 is 0 Å². The van der Waals surface area contributed by atoms with Crippen LogP contribution in [-0.2, 0) is 13.0 Å². The van der Waals surface area contributed by atoms with E-state index in [1.807, 2.05) is 4.68 Å². The minimum atomic E-state index is 0.588. The van der Waals surface area contributed by atoms with E-state index in [0.29, 0.717) is 11.7 Å². The van der Waals surface area contributed by atoms with Crippen molar-refractivity contribution >= 4 is 16.7 Å². The van der Waals surface area contributed by atoms with Gasteiger partial charge in [-0.15, -0.1) is 0 Å². The molecule has 1 aliphatic carbocycles. The average Bonchev–Trinajstić information content (AvgIpc) is 2.92. The Kier molecular flexibility index (Phi) is 4.62. The van der Waals surface area contributed by atoms with Gasteiger partial charge in [0.05, 0.1) is 0 Å². The SMILES string of the molecule is CCCn1cc2c3c(nc(N)c2n1)CCCC3CCCCN. The van der Waals surface area contributed by atoms with E-state index in [1.165, 1.54) is 42.3 Å². The van der Waals surface area contributed by atoms with Gasteiger partial charge in [-0.1, -0.05) is 13.3 Å². The number of hydrogen-bond acceptors (Lipinski definition) is 4. The maximum absolute atomic E-state index is 6.15. The van der Waals surface area contributed by atoms with Gasteiger partial charge in [0.15, 0.2) is 5.82 Å². The summed E-state index contributed by atoms with van der Waals surface area (Å²) in [6.45, 7) is 3.88. The zero-order chi connectivity index (χ0) is 15.5. The van der Waals surface area contributed by atoms with Crippen molar-refractivity contribution in [1.29, 1.82) is 0 Å². The Hall–Kier alpha value is -1.62. The number of hydrogen-bond donors (Lipinski definition) is 2. The zero-order valence-electron chi connectivity index (χ0n) is 13.5. The van der Waals surface area contributed by atoms with Crippen LogP contribution in [0.25, 0.3) is 10.9 Å². The smallest absolute Gasteiger partial charge is 0.152 e. The Morgan fingerprint density at radius 2 is 2.23 bits per heavy atom. The second-order valence-electron chi connectivity index (χ2n) is 6.39. The largest absolute Gasteiger partial charge is 0.382 e. The molecule has 4 N–H and O–H groups in total. The van der Waals surface area contributed by atoms with Crippen molar-refractivity contribution in [3.8, 4) is 0 Å². The van der Waals surface area contributed by atoms with Gasteiger partial charge in [0, 0.05) is 23.8 Å². The van der Waals surface area contributed by atoms with Crippen molar-refractivity contribution < 1.29 is 0 Å². The predicted octanol–water partition coefficient (Wildman–Crippen LogP) is 2.97. The molecule has 1 atom stereocenters. The monoisotopic (exact) mass is 301 g/mol. The van der Waals surface area contributed by atoms with Gasteiger partial charge in [-0.3, -0.25) is 4.68 Å². The molecule has 0 aliphatic heterocycles. The summed E-state index contributed by atoms with van der Waals surface area (Å²) in [6.07, 6.45) is 10.2. The number of aromatic nitrogens is 3. The summed E-state index contributed by atoms with van der Waals surface area (Å²) in [5.41, 5.74) is 15.3. The fourth-order valence-electron chi connectivity index (χ4n) is 3.70. The predicted molar refractivity (Wildman–Crippen MR) is 90.8 cm³/mol. The van der Waals surface area contributed by atoms with Crippen LogP contribution in [0.4, 0.5) is 5.82 Å². The van der Waals surface area contributed by atoms with Crippen LogP contribution in [0.15, 0.2) is 6.20 Å². The summed E-state index contributed by atoms with van der Waals surface area (Å²) in [5.74, 6) is 1.18. The summed E-state index contributed by atoms with van der Waals surface area (Å²) in [4.78, 5) is 4.67. The Bertz CT molecular complexity index is 646. The van der Waals surface area contributed by atoms with Crippen LogP contribution in [0.3, 0.4) is 0 Å². The molecule has 0 bridgehead atoms. The maximum atomic E-state index is 6.15. The van der Waals surface area contributed by atoms with Crippen molar-refractivity contribution in [2.45, 2.75) is 64.3 Å². The van der Waals surface area contributed by atoms with E-state index in [4.69, 9.17) is 11.5 Å². The number of fused-ring (bicyclic) bond motifs is 3. The van der Waals surface area contributed by atoms with Crippen LogP contribution >= 0.6 is 0 Å². The highest BCUT2D eigenvalue weighted by molar-refractivity contribution is 5.90. The molecule has 22 heavy (non-hydrogen) atoms. The summed E-state index contributed by atoms with van der Waals surface area (Å²) in [5, 5.41) is 5.88. The van der Waals surface area contributed by atoms with Crippen molar-refractivity contribution in [3.05, 3.63) is 17.5 Å². The standard InChI is InChI=1S/C17H27N5/c1-2-10-22-11-13-15-12(6-3-4-9-18)7-5-8-14(15)20-17(19)16(13)21-22/h11-12H,2-10,18H2,1H3,(H2,19,20). The lowest BCUT2D eigenvalue weighted by Crippen LogP contribution is -2.14. The van der Waals surface area contributed by atoms with Crippen LogP contribution < -0.4 is 11.5 Å². The summed E-state index contributed by atoms with van der Waals surface area (Å²) < 4.78 is 2.02. The molecule has 0 aromatic carbocycles. The van der Waals surface area contributed by atoms with Crippen molar-refractivity contribution in [3.63, 3.8) is 0 Å². The molecule has 1 unspecified atom stereocenters. The van der Waals surface area contributed by atoms with Gasteiger partial charge in [-0.2, -0.15) is 5.10 Å². The first-order chi connectivity index (χ1) is 10.7. The lowest BCUT2D eigenvalue weighted by Gasteiger charge is -2.25. The van der Waals surface area contributed by atoms with Gasteiger partial charge in [-0.25, -0.2) is 4.98 Å². The molecule has 0 saturated heterocycles. The van der Waals surface area contributed by atoms with Gasteiger partial charge in [-0.05, 0) is 56.6 Å². The number of aryl methyl sites for hydroxylation is 2. The minimum Gasteiger partial charge on any atom is -0.382 e. The van der Waals surface area contributed by atoms with Crippen molar-refractivity contribution in [2.75, 3.05) is 12.3 Å². The topological polar surface area (TPSA) is 82.8 Å². The second kappa shape index (κ2) is 6.65. The number of unbranched alkanes of at least 4 members (excludes halogenated alkanes) is 1. The number of pyridine rings is 1. The Morgan fingerprint density at radius 1 is 1.36 bits per heavy atom. The third kappa shape index (κ3) is 2.82.